The minimum absolute atomic E-state index is 0.0291. The summed E-state index contributed by atoms with van der Waals surface area (Å²) in [5.41, 5.74) is 3.56. The molecule has 194 valence electrons. The van der Waals surface area contributed by atoms with Crippen molar-refractivity contribution < 1.29 is 24.1 Å². The van der Waals surface area contributed by atoms with E-state index in [4.69, 9.17) is 24.3 Å². The highest BCUT2D eigenvalue weighted by Crippen LogP contribution is 2.33. The number of halogens is 1. The quantitative estimate of drug-likeness (QED) is 0.151. The number of aromatic nitrogens is 1. The van der Waals surface area contributed by atoms with Crippen LogP contribution in [0.25, 0.3) is 22.4 Å². The van der Waals surface area contributed by atoms with Crippen molar-refractivity contribution in [3.63, 3.8) is 0 Å². The van der Waals surface area contributed by atoms with E-state index in [2.05, 4.69) is 47.2 Å². The Balaban J connectivity index is 1.73. The summed E-state index contributed by atoms with van der Waals surface area (Å²) in [7, 11) is 0. The van der Waals surface area contributed by atoms with Gasteiger partial charge in [0.1, 0.15) is 16.4 Å². The summed E-state index contributed by atoms with van der Waals surface area (Å²) in [6, 6.07) is 9.76. The van der Waals surface area contributed by atoms with Crippen LogP contribution in [-0.2, 0) is 9.47 Å². The highest BCUT2D eigenvalue weighted by Gasteiger charge is 2.19. The maximum absolute atomic E-state index is 11.9. The van der Waals surface area contributed by atoms with Gasteiger partial charge in [-0.3, -0.25) is 0 Å². The lowest BCUT2D eigenvalue weighted by molar-refractivity contribution is 0.0204. The van der Waals surface area contributed by atoms with Crippen LogP contribution in [0.4, 0.5) is 10.5 Å². The number of hydrogen-bond acceptors (Lipinski definition) is 8. The number of aliphatic hydroxyl groups is 1. The van der Waals surface area contributed by atoms with Crippen LogP contribution in [0.3, 0.4) is 0 Å². The van der Waals surface area contributed by atoms with Gasteiger partial charge in [0.25, 0.3) is 0 Å². The van der Waals surface area contributed by atoms with E-state index < -0.39 is 11.8 Å². The van der Waals surface area contributed by atoms with E-state index in [9.17, 15) is 4.79 Å². The van der Waals surface area contributed by atoms with Crippen LogP contribution in [-0.4, -0.2) is 48.2 Å². The number of nitrogens with one attached hydrogen (secondary N) is 1. The molecular formula is C27H33BrN2O5S. The zero-order valence-electron chi connectivity index (χ0n) is 21.3. The van der Waals surface area contributed by atoms with E-state index in [1.54, 1.807) is 38.2 Å². The molecule has 0 saturated heterocycles. The van der Waals surface area contributed by atoms with Gasteiger partial charge in [0.15, 0.2) is 0 Å². The molecule has 0 saturated carbocycles. The Morgan fingerprint density at radius 3 is 2.64 bits per heavy atom. The van der Waals surface area contributed by atoms with Gasteiger partial charge in [0.05, 0.1) is 34.5 Å². The predicted octanol–water partition coefficient (Wildman–Crippen LogP) is 7.09. The smallest absolute Gasteiger partial charge is 0.428 e. The first-order chi connectivity index (χ1) is 17.1. The van der Waals surface area contributed by atoms with E-state index in [0.29, 0.717) is 35.9 Å². The molecule has 0 fully saturated rings. The lowest BCUT2D eigenvalue weighted by Crippen LogP contribution is -2.26. The van der Waals surface area contributed by atoms with Crippen molar-refractivity contribution in [3.05, 3.63) is 50.9 Å². The van der Waals surface area contributed by atoms with Crippen LogP contribution < -0.4 is 10.1 Å². The number of benzene rings is 2. The number of anilines is 1. The lowest BCUT2D eigenvalue weighted by Gasteiger charge is -2.19. The van der Waals surface area contributed by atoms with Gasteiger partial charge in [-0.25, -0.2) is 9.78 Å². The van der Waals surface area contributed by atoms with Gasteiger partial charge in [-0.2, -0.15) is 0 Å². The molecule has 7 nitrogen and oxygen atoms in total. The standard InChI is InChI=1S/C27H33BrN2O5S/c1-17(2)19-15-22-24(16-21(19)29-10-12-33-13-11-31)36-25(30-22)9-7-18-6-8-23(20(28)14-18)34-26(32)35-27(3,4)5/h6-9,14-17,29,31H,10-13H2,1-5H3. The molecular weight excluding hydrogens is 544 g/mol. The topological polar surface area (TPSA) is 89.9 Å². The Kier molecular flexibility index (Phi) is 9.90. The molecule has 0 aliphatic rings. The van der Waals surface area contributed by atoms with Crippen LogP contribution >= 0.6 is 27.3 Å². The maximum Gasteiger partial charge on any atom is 0.514 e. The average molecular weight is 578 g/mol. The molecule has 3 rings (SSSR count). The molecule has 0 radical (unpaired) electrons. The third-order valence-corrected chi connectivity index (χ3v) is 6.56. The second-order valence-corrected chi connectivity index (χ2v) is 11.4. The first kappa shape index (κ1) is 28.1. The molecule has 3 aromatic rings. The fraction of sp³-hybridized carbons (Fsp3) is 0.407. The van der Waals surface area contributed by atoms with Crippen molar-refractivity contribution >= 4 is 61.5 Å². The SMILES string of the molecule is CC(C)c1cc2nc(C=Cc3ccc(OC(=O)OC(C)(C)C)c(Br)c3)sc2cc1NCCOCCO. The van der Waals surface area contributed by atoms with Crippen molar-refractivity contribution in [1.82, 2.24) is 4.98 Å². The van der Waals surface area contributed by atoms with Crippen molar-refractivity contribution in [1.29, 1.82) is 0 Å². The molecule has 0 bridgehead atoms. The van der Waals surface area contributed by atoms with E-state index in [0.717, 1.165) is 26.5 Å². The molecule has 1 aromatic heterocycles. The van der Waals surface area contributed by atoms with Gasteiger partial charge in [0, 0.05) is 12.2 Å². The first-order valence-electron chi connectivity index (χ1n) is 11.8. The predicted molar refractivity (Wildman–Crippen MR) is 150 cm³/mol. The second-order valence-electron chi connectivity index (χ2n) is 9.47. The molecule has 1 heterocycles. The molecule has 0 spiro atoms. The molecule has 0 aliphatic carbocycles. The minimum atomic E-state index is -0.742. The normalized spacial score (nSPS) is 12.0. The van der Waals surface area contributed by atoms with Gasteiger partial charge in [-0.05, 0) is 84.1 Å². The average Bonchev–Trinajstić information content (AvgIpc) is 3.19. The Morgan fingerprint density at radius 2 is 1.97 bits per heavy atom. The van der Waals surface area contributed by atoms with Gasteiger partial charge < -0.3 is 24.6 Å². The van der Waals surface area contributed by atoms with Gasteiger partial charge in [-0.1, -0.05) is 26.0 Å². The fourth-order valence-electron chi connectivity index (χ4n) is 3.37. The summed E-state index contributed by atoms with van der Waals surface area (Å²) >= 11 is 5.09. The van der Waals surface area contributed by atoms with Gasteiger partial charge >= 0.3 is 6.16 Å². The van der Waals surface area contributed by atoms with Crippen LogP contribution in [0, 0.1) is 0 Å². The van der Waals surface area contributed by atoms with E-state index >= 15 is 0 Å². The van der Waals surface area contributed by atoms with Crippen LogP contribution in [0.2, 0.25) is 0 Å². The molecule has 2 N–H and O–H groups in total. The second kappa shape index (κ2) is 12.7. The number of fused-ring (bicyclic) bond motifs is 1. The minimum Gasteiger partial charge on any atom is -0.428 e. The lowest BCUT2D eigenvalue weighted by atomic mass is 10.0. The van der Waals surface area contributed by atoms with Gasteiger partial charge in [0.2, 0.25) is 0 Å². The summed E-state index contributed by atoms with van der Waals surface area (Å²) < 4.78 is 17.6. The third-order valence-electron chi connectivity index (χ3n) is 4.95. The zero-order valence-corrected chi connectivity index (χ0v) is 23.7. The number of ether oxygens (including phenoxy) is 3. The van der Waals surface area contributed by atoms with Gasteiger partial charge in [-0.15, -0.1) is 11.3 Å². The molecule has 36 heavy (non-hydrogen) atoms. The van der Waals surface area contributed by atoms with E-state index in [1.165, 1.54) is 5.56 Å². The Morgan fingerprint density at radius 1 is 1.19 bits per heavy atom. The summed E-state index contributed by atoms with van der Waals surface area (Å²) in [5.74, 6) is 0.735. The van der Waals surface area contributed by atoms with E-state index in [-0.39, 0.29) is 6.61 Å². The molecule has 0 atom stereocenters. The zero-order chi connectivity index (χ0) is 26.3. The van der Waals surface area contributed by atoms with Crippen LogP contribution in [0.15, 0.2) is 34.8 Å². The number of rotatable bonds is 10. The Labute approximate surface area is 224 Å². The Bertz CT molecular complexity index is 1220. The summed E-state index contributed by atoms with van der Waals surface area (Å²) in [4.78, 5) is 16.7. The summed E-state index contributed by atoms with van der Waals surface area (Å²) in [6.45, 7) is 11.3. The van der Waals surface area contributed by atoms with Crippen LogP contribution in [0.1, 0.15) is 56.7 Å². The van der Waals surface area contributed by atoms with Crippen molar-refractivity contribution in [2.75, 3.05) is 31.7 Å². The van der Waals surface area contributed by atoms with Crippen molar-refractivity contribution in [2.24, 2.45) is 0 Å². The molecule has 9 heteroatoms. The number of nitrogens with zero attached hydrogens (tertiary/aromatic N) is 1. The number of aliphatic hydroxyl groups excluding tert-OH is 1. The number of thiazole rings is 1. The van der Waals surface area contributed by atoms with Crippen molar-refractivity contribution in [2.45, 2.75) is 46.1 Å². The molecule has 0 unspecified atom stereocenters. The van der Waals surface area contributed by atoms with E-state index in [1.807, 2.05) is 24.3 Å². The highest BCUT2D eigenvalue weighted by molar-refractivity contribution is 9.10. The molecule has 0 aliphatic heterocycles. The molecule has 0 amide bonds. The van der Waals surface area contributed by atoms with Crippen LogP contribution in [0.5, 0.6) is 5.75 Å². The molecule has 2 aromatic carbocycles. The Hall–Kier alpha value is -2.46. The number of carbonyl (C=O) groups is 1. The number of hydrogen-bond donors (Lipinski definition) is 2. The largest absolute Gasteiger partial charge is 0.514 e. The summed E-state index contributed by atoms with van der Waals surface area (Å²) in [5, 5.41) is 13.2. The highest BCUT2D eigenvalue weighted by atomic mass is 79.9. The maximum atomic E-state index is 11.9. The monoisotopic (exact) mass is 576 g/mol. The number of carbonyl (C=O) groups excluding carboxylic acids is 1. The fourth-order valence-corrected chi connectivity index (χ4v) is 4.73. The van der Waals surface area contributed by atoms with Crippen molar-refractivity contribution in [3.8, 4) is 5.75 Å². The third kappa shape index (κ3) is 8.30. The first-order valence-corrected chi connectivity index (χ1v) is 13.4. The summed E-state index contributed by atoms with van der Waals surface area (Å²) in [6.07, 6.45) is 3.21.